The third-order valence-electron chi connectivity index (χ3n) is 6.98. The Morgan fingerprint density at radius 3 is 2.65 bits per heavy atom. The molecule has 1 unspecified atom stereocenters. The summed E-state index contributed by atoms with van der Waals surface area (Å²) >= 11 is 1.87. The number of piperidine rings is 1. The highest BCUT2D eigenvalue weighted by Gasteiger charge is 2.52. The Morgan fingerprint density at radius 1 is 1.23 bits per heavy atom. The van der Waals surface area contributed by atoms with E-state index in [2.05, 4.69) is 27.2 Å². The molecule has 0 amide bonds. The van der Waals surface area contributed by atoms with Gasteiger partial charge in [0.15, 0.2) is 0 Å². The fourth-order valence-corrected chi connectivity index (χ4v) is 6.34. The van der Waals surface area contributed by atoms with Crippen LogP contribution in [0.25, 0.3) is 0 Å². The molecule has 1 aromatic heterocycles. The number of likely N-dealkylation sites (tertiary alicyclic amines) is 1. The van der Waals surface area contributed by atoms with Crippen molar-refractivity contribution in [2.45, 2.75) is 62.1 Å². The minimum Gasteiger partial charge on any atom is -0.481 e. The van der Waals surface area contributed by atoms with E-state index in [1.165, 1.54) is 56.6 Å². The molecule has 26 heavy (non-hydrogen) atoms. The van der Waals surface area contributed by atoms with Crippen molar-refractivity contribution >= 4 is 11.9 Å². The van der Waals surface area contributed by atoms with Crippen molar-refractivity contribution in [3.63, 3.8) is 0 Å². The Labute approximate surface area is 160 Å². The van der Waals surface area contributed by atoms with E-state index in [0.29, 0.717) is 17.4 Å². The first kappa shape index (κ1) is 17.3. The van der Waals surface area contributed by atoms with Crippen molar-refractivity contribution in [1.82, 2.24) is 14.2 Å². The number of methoxy groups -OCH3 is 1. The van der Waals surface area contributed by atoms with Crippen LogP contribution in [0.1, 0.15) is 37.8 Å². The second kappa shape index (κ2) is 6.66. The zero-order valence-corrected chi connectivity index (χ0v) is 16.6. The number of ether oxygens (including phenoxy) is 2. The molecule has 3 saturated heterocycles. The van der Waals surface area contributed by atoms with Gasteiger partial charge in [0.2, 0.25) is 5.88 Å². The molecule has 0 N–H and O–H groups in total. The minimum absolute atomic E-state index is 0.538. The van der Waals surface area contributed by atoms with E-state index in [1.54, 1.807) is 7.11 Å². The average molecular weight is 376 g/mol. The van der Waals surface area contributed by atoms with E-state index in [9.17, 15) is 0 Å². The quantitative estimate of drug-likeness (QED) is 0.753. The van der Waals surface area contributed by atoms with Crippen LogP contribution < -0.4 is 4.74 Å². The highest BCUT2D eigenvalue weighted by molar-refractivity contribution is 7.97. The lowest BCUT2D eigenvalue weighted by Gasteiger charge is -2.55. The lowest BCUT2D eigenvalue weighted by atomic mass is 9.60. The van der Waals surface area contributed by atoms with Crippen LogP contribution in [0.4, 0.5) is 0 Å². The first-order valence-corrected chi connectivity index (χ1v) is 10.7. The SMILES string of the molecule is COc1ccc(SN2CCC3(CC2)CC(N2CC4C[C@@H]2CO4)C3)c(C)n1. The molecular weight excluding hydrogens is 346 g/mol. The molecule has 2 bridgehead atoms. The van der Waals surface area contributed by atoms with Crippen molar-refractivity contribution in [2.75, 3.05) is 33.4 Å². The molecule has 0 aromatic carbocycles. The number of morpholine rings is 1. The van der Waals surface area contributed by atoms with Gasteiger partial charge in [-0.25, -0.2) is 9.29 Å². The summed E-state index contributed by atoms with van der Waals surface area (Å²) in [7, 11) is 1.67. The normalized spacial score (nSPS) is 31.5. The Morgan fingerprint density at radius 2 is 2.04 bits per heavy atom. The molecule has 1 saturated carbocycles. The van der Waals surface area contributed by atoms with Gasteiger partial charge in [0, 0.05) is 42.7 Å². The van der Waals surface area contributed by atoms with Gasteiger partial charge in [-0.15, -0.1) is 0 Å². The maximum atomic E-state index is 5.77. The summed E-state index contributed by atoms with van der Waals surface area (Å²) in [5.41, 5.74) is 1.68. The van der Waals surface area contributed by atoms with Gasteiger partial charge in [0.05, 0.1) is 25.5 Å². The summed E-state index contributed by atoms with van der Waals surface area (Å²) in [4.78, 5) is 8.52. The zero-order valence-electron chi connectivity index (χ0n) is 15.8. The number of nitrogens with zero attached hydrogens (tertiary/aromatic N) is 3. The second-order valence-electron chi connectivity index (χ2n) is 8.56. The standard InChI is InChI=1S/C20H29N3O2S/c1-14-18(3-4-19(21-14)24-2)26-22-7-5-20(6-8-22)10-16(11-20)23-12-17-9-15(23)13-25-17/h3-4,15-17H,5-13H2,1-2H3/t15-,17?/m1/s1. The third-order valence-corrected chi connectivity index (χ3v) is 8.23. The first-order valence-electron chi connectivity index (χ1n) is 9.96. The molecule has 4 heterocycles. The number of aryl methyl sites for hydroxylation is 1. The maximum absolute atomic E-state index is 5.77. The molecule has 4 aliphatic rings. The molecule has 3 aliphatic heterocycles. The van der Waals surface area contributed by atoms with Crippen LogP contribution in [0.3, 0.4) is 0 Å². The van der Waals surface area contributed by atoms with Crippen molar-refractivity contribution in [1.29, 1.82) is 0 Å². The lowest BCUT2D eigenvalue weighted by Crippen LogP contribution is -2.57. The molecule has 4 fully saturated rings. The Balaban J connectivity index is 1.13. The summed E-state index contributed by atoms with van der Waals surface area (Å²) < 4.78 is 13.5. The van der Waals surface area contributed by atoms with Gasteiger partial charge in [-0.2, -0.15) is 0 Å². The topological polar surface area (TPSA) is 37.8 Å². The molecule has 1 aliphatic carbocycles. The molecule has 142 valence electrons. The fraction of sp³-hybridized carbons (Fsp3) is 0.750. The van der Waals surface area contributed by atoms with Crippen LogP contribution in [-0.4, -0.2) is 65.7 Å². The Bertz CT molecular complexity index is 669. The smallest absolute Gasteiger partial charge is 0.213 e. The summed E-state index contributed by atoms with van der Waals surface area (Å²) in [6, 6.07) is 5.66. The highest BCUT2D eigenvalue weighted by Crippen LogP contribution is 2.53. The van der Waals surface area contributed by atoms with Gasteiger partial charge < -0.3 is 9.47 Å². The molecule has 1 aromatic rings. The van der Waals surface area contributed by atoms with Crippen molar-refractivity contribution in [3.8, 4) is 5.88 Å². The van der Waals surface area contributed by atoms with E-state index >= 15 is 0 Å². The molecule has 0 radical (unpaired) electrons. The number of hydrogen-bond acceptors (Lipinski definition) is 6. The molecule has 5 rings (SSSR count). The Kier molecular flexibility index (Phi) is 4.43. The summed E-state index contributed by atoms with van der Waals surface area (Å²) in [5.74, 6) is 0.700. The van der Waals surface area contributed by atoms with E-state index in [0.717, 1.165) is 24.4 Å². The van der Waals surface area contributed by atoms with Crippen LogP contribution in [0, 0.1) is 12.3 Å². The van der Waals surface area contributed by atoms with Gasteiger partial charge in [-0.05, 0) is 62.5 Å². The summed E-state index contributed by atoms with van der Waals surface area (Å²) in [6.45, 7) is 6.63. The second-order valence-corrected chi connectivity index (χ2v) is 9.70. The molecule has 1 spiro atoms. The van der Waals surface area contributed by atoms with Crippen molar-refractivity contribution in [3.05, 3.63) is 17.8 Å². The lowest BCUT2D eigenvalue weighted by molar-refractivity contribution is -0.0685. The van der Waals surface area contributed by atoms with E-state index in [4.69, 9.17) is 9.47 Å². The number of fused-ring (bicyclic) bond motifs is 2. The third kappa shape index (κ3) is 3.05. The van der Waals surface area contributed by atoms with Gasteiger partial charge >= 0.3 is 0 Å². The molecule has 2 atom stereocenters. The number of pyridine rings is 1. The van der Waals surface area contributed by atoms with Gasteiger partial charge in [-0.3, -0.25) is 4.90 Å². The van der Waals surface area contributed by atoms with Gasteiger partial charge in [0.1, 0.15) is 0 Å². The molecule has 5 nitrogen and oxygen atoms in total. The largest absolute Gasteiger partial charge is 0.481 e. The van der Waals surface area contributed by atoms with Crippen LogP contribution in [0.5, 0.6) is 5.88 Å². The van der Waals surface area contributed by atoms with Crippen molar-refractivity contribution in [2.24, 2.45) is 5.41 Å². The Hall–Kier alpha value is -0.820. The summed E-state index contributed by atoms with van der Waals surface area (Å²) in [5, 5.41) is 0. The van der Waals surface area contributed by atoms with Gasteiger partial charge in [0.25, 0.3) is 0 Å². The monoisotopic (exact) mass is 375 g/mol. The predicted molar refractivity (Wildman–Crippen MR) is 102 cm³/mol. The maximum Gasteiger partial charge on any atom is 0.213 e. The highest BCUT2D eigenvalue weighted by atomic mass is 32.2. The molecular formula is C20H29N3O2S. The number of hydrogen-bond donors (Lipinski definition) is 0. The summed E-state index contributed by atoms with van der Waals surface area (Å²) in [6.07, 6.45) is 7.34. The average Bonchev–Trinajstić information content (AvgIpc) is 3.25. The number of rotatable bonds is 4. The van der Waals surface area contributed by atoms with E-state index < -0.39 is 0 Å². The fourth-order valence-electron chi connectivity index (χ4n) is 5.39. The first-order chi connectivity index (χ1) is 12.6. The predicted octanol–water partition coefficient (Wildman–Crippen LogP) is 3.12. The number of aromatic nitrogens is 1. The van der Waals surface area contributed by atoms with Crippen LogP contribution in [0.2, 0.25) is 0 Å². The van der Waals surface area contributed by atoms with Crippen molar-refractivity contribution < 1.29 is 9.47 Å². The minimum atomic E-state index is 0.538. The zero-order chi connectivity index (χ0) is 17.7. The van der Waals surface area contributed by atoms with Crippen LogP contribution >= 0.6 is 11.9 Å². The van der Waals surface area contributed by atoms with E-state index in [-0.39, 0.29) is 0 Å². The van der Waals surface area contributed by atoms with Crippen LogP contribution in [0.15, 0.2) is 17.0 Å². The van der Waals surface area contributed by atoms with Gasteiger partial charge in [-0.1, -0.05) is 0 Å². The van der Waals surface area contributed by atoms with Crippen LogP contribution in [-0.2, 0) is 4.74 Å². The van der Waals surface area contributed by atoms with E-state index in [1.807, 2.05) is 18.0 Å². The molecule has 6 heteroatoms.